The Hall–Kier alpha value is -7.16. The van der Waals surface area contributed by atoms with Crippen LogP contribution in [0.5, 0.6) is 0 Å². The standard InChI is InChI=1S/C58H44N2/c1-57(2)49-23-12-8-19-42(49)48-35-39(31-32-51(48)57)59(55-28-16-25-52-56(55)45-22-9-13-24-50(45)58(52,3)4)41-33-38-29-30-40(34-47(38)46(36-41)37-17-6-5-7-18-37)60-53-26-14-10-20-43(53)44-21-11-15-27-54(44)60/h5-36H,1-4H3. The predicted molar refractivity (Wildman–Crippen MR) is 254 cm³/mol. The number of aromatic nitrogens is 1. The Kier molecular flexibility index (Phi) is 7.36. The lowest BCUT2D eigenvalue weighted by molar-refractivity contribution is 0.660. The van der Waals surface area contributed by atoms with Crippen LogP contribution in [-0.2, 0) is 10.8 Å². The Labute approximate surface area is 351 Å². The summed E-state index contributed by atoms with van der Waals surface area (Å²) in [4.78, 5) is 2.54. The van der Waals surface area contributed by atoms with E-state index in [9.17, 15) is 0 Å². The summed E-state index contributed by atoms with van der Waals surface area (Å²) in [6, 6.07) is 72.5. The van der Waals surface area contributed by atoms with Crippen LogP contribution in [0, 0.1) is 0 Å². The van der Waals surface area contributed by atoms with Crippen LogP contribution < -0.4 is 4.90 Å². The average Bonchev–Trinajstić information content (AvgIpc) is 3.84. The highest BCUT2D eigenvalue weighted by Crippen LogP contribution is 2.56. The molecule has 2 aliphatic carbocycles. The topological polar surface area (TPSA) is 8.17 Å². The molecular weight excluding hydrogens is 725 g/mol. The zero-order valence-electron chi connectivity index (χ0n) is 34.4. The fraction of sp³-hybridized carbons (Fsp3) is 0.103. The van der Waals surface area contributed by atoms with Gasteiger partial charge in [0.2, 0.25) is 0 Å². The quantitative estimate of drug-likeness (QED) is 0.169. The SMILES string of the molecule is CC1(C)c2ccccc2-c2cc(N(c3cc(-c4ccccc4)c4cc(-n5c6ccccc6c6ccccc65)ccc4c3)c3cccc4c3-c3ccccc3C4(C)C)ccc21. The molecule has 0 fully saturated rings. The smallest absolute Gasteiger partial charge is 0.0543 e. The second-order valence-electron chi connectivity index (χ2n) is 17.7. The summed E-state index contributed by atoms with van der Waals surface area (Å²) in [6.45, 7) is 9.47. The number of rotatable bonds is 5. The first-order valence-corrected chi connectivity index (χ1v) is 21.2. The fourth-order valence-corrected chi connectivity index (χ4v) is 10.9. The maximum absolute atomic E-state index is 2.54. The van der Waals surface area contributed by atoms with Crippen LogP contribution in [0.1, 0.15) is 49.9 Å². The highest BCUT2D eigenvalue weighted by Gasteiger charge is 2.39. The second kappa shape index (κ2) is 12.7. The molecular formula is C58H44N2. The number of fused-ring (bicyclic) bond motifs is 10. The van der Waals surface area contributed by atoms with E-state index in [0.29, 0.717) is 0 Å². The van der Waals surface area contributed by atoms with Gasteiger partial charge in [0, 0.05) is 44.2 Å². The number of hydrogen-bond donors (Lipinski definition) is 0. The largest absolute Gasteiger partial charge is 0.310 e. The van der Waals surface area contributed by atoms with E-state index in [2.05, 4.69) is 231 Å². The predicted octanol–water partition coefficient (Wildman–Crippen LogP) is 15.7. The highest BCUT2D eigenvalue weighted by atomic mass is 15.1. The number of benzene rings is 9. The maximum atomic E-state index is 2.54. The molecule has 0 N–H and O–H groups in total. The van der Waals surface area contributed by atoms with Gasteiger partial charge in [0.05, 0.1) is 16.7 Å². The molecule has 1 aromatic heterocycles. The molecule has 60 heavy (non-hydrogen) atoms. The number of nitrogens with zero attached hydrogens (tertiary/aromatic N) is 2. The van der Waals surface area contributed by atoms with Crippen molar-refractivity contribution in [2.75, 3.05) is 4.90 Å². The summed E-state index contributed by atoms with van der Waals surface area (Å²) in [5, 5.41) is 4.95. The van der Waals surface area contributed by atoms with Gasteiger partial charge in [0.25, 0.3) is 0 Å². The van der Waals surface area contributed by atoms with Gasteiger partial charge in [-0.3, -0.25) is 0 Å². The molecule has 1 heterocycles. The maximum Gasteiger partial charge on any atom is 0.0543 e. The summed E-state index contributed by atoms with van der Waals surface area (Å²) in [5.41, 5.74) is 20.0. The summed E-state index contributed by atoms with van der Waals surface area (Å²) in [5.74, 6) is 0. The van der Waals surface area contributed by atoms with Crippen LogP contribution in [0.4, 0.5) is 17.1 Å². The molecule has 2 nitrogen and oxygen atoms in total. The Bertz CT molecular complexity index is 3330. The molecule has 9 aromatic carbocycles. The molecule has 2 heteroatoms. The Morgan fingerprint density at radius 1 is 0.383 bits per heavy atom. The Balaban J connectivity index is 1.14. The summed E-state index contributed by atoms with van der Waals surface area (Å²) in [7, 11) is 0. The van der Waals surface area contributed by atoms with Gasteiger partial charge in [-0.05, 0) is 115 Å². The van der Waals surface area contributed by atoms with Crippen LogP contribution in [0.15, 0.2) is 194 Å². The van der Waals surface area contributed by atoms with E-state index >= 15 is 0 Å². The minimum absolute atomic E-state index is 0.0796. The summed E-state index contributed by atoms with van der Waals surface area (Å²) < 4.78 is 2.43. The molecule has 12 rings (SSSR count). The van der Waals surface area contributed by atoms with Gasteiger partial charge in [-0.15, -0.1) is 0 Å². The van der Waals surface area contributed by atoms with Crippen molar-refractivity contribution in [1.29, 1.82) is 0 Å². The van der Waals surface area contributed by atoms with Crippen LogP contribution in [-0.4, -0.2) is 4.57 Å². The lowest BCUT2D eigenvalue weighted by Crippen LogP contribution is -2.16. The van der Waals surface area contributed by atoms with Crippen LogP contribution in [0.25, 0.3) is 71.6 Å². The lowest BCUT2D eigenvalue weighted by atomic mass is 9.82. The van der Waals surface area contributed by atoms with E-state index in [-0.39, 0.29) is 10.8 Å². The van der Waals surface area contributed by atoms with Crippen molar-refractivity contribution < 1.29 is 0 Å². The average molecular weight is 769 g/mol. The third-order valence-electron chi connectivity index (χ3n) is 13.8. The van der Waals surface area contributed by atoms with Gasteiger partial charge in [0.15, 0.2) is 0 Å². The van der Waals surface area contributed by atoms with E-state index in [4.69, 9.17) is 0 Å². The van der Waals surface area contributed by atoms with E-state index < -0.39 is 0 Å². The molecule has 0 spiro atoms. The van der Waals surface area contributed by atoms with E-state index in [1.807, 2.05) is 0 Å². The van der Waals surface area contributed by atoms with Gasteiger partial charge < -0.3 is 9.47 Å². The van der Waals surface area contributed by atoms with E-state index in [0.717, 1.165) is 17.1 Å². The van der Waals surface area contributed by atoms with Crippen LogP contribution in [0.3, 0.4) is 0 Å². The van der Waals surface area contributed by atoms with Gasteiger partial charge >= 0.3 is 0 Å². The first-order chi connectivity index (χ1) is 29.3. The summed E-state index contributed by atoms with van der Waals surface area (Å²) in [6.07, 6.45) is 0. The van der Waals surface area contributed by atoms with Crippen molar-refractivity contribution in [3.05, 3.63) is 216 Å². The van der Waals surface area contributed by atoms with Gasteiger partial charge in [-0.1, -0.05) is 167 Å². The Morgan fingerprint density at radius 2 is 0.967 bits per heavy atom. The highest BCUT2D eigenvalue weighted by molar-refractivity contribution is 6.10. The van der Waals surface area contributed by atoms with Crippen molar-refractivity contribution in [1.82, 2.24) is 4.57 Å². The van der Waals surface area contributed by atoms with E-state index in [1.165, 1.54) is 93.9 Å². The normalized spacial score (nSPS) is 14.3. The number of anilines is 3. The zero-order valence-corrected chi connectivity index (χ0v) is 34.4. The molecule has 0 aliphatic heterocycles. The van der Waals surface area contributed by atoms with Gasteiger partial charge in [-0.25, -0.2) is 0 Å². The zero-order chi connectivity index (χ0) is 40.3. The molecule has 0 amide bonds. The van der Waals surface area contributed by atoms with Crippen LogP contribution in [0.2, 0.25) is 0 Å². The molecule has 0 saturated carbocycles. The third kappa shape index (κ3) is 4.88. The monoisotopic (exact) mass is 768 g/mol. The fourth-order valence-electron chi connectivity index (χ4n) is 10.9. The molecule has 10 aromatic rings. The molecule has 0 unspecified atom stereocenters. The van der Waals surface area contributed by atoms with Crippen molar-refractivity contribution >= 4 is 49.6 Å². The molecule has 2 aliphatic rings. The molecule has 0 atom stereocenters. The minimum atomic E-state index is -0.129. The lowest BCUT2D eigenvalue weighted by Gasteiger charge is -2.30. The third-order valence-corrected chi connectivity index (χ3v) is 13.8. The Morgan fingerprint density at radius 3 is 1.72 bits per heavy atom. The van der Waals surface area contributed by atoms with Crippen molar-refractivity contribution in [2.45, 2.75) is 38.5 Å². The number of hydrogen-bond acceptors (Lipinski definition) is 1. The number of para-hydroxylation sites is 2. The van der Waals surface area contributed by atoms with Crippen molar-refractivity contribution in [2.24, 2.45) is 0 Å². The molecule has 286 valence electrons. The van der Waals surface area contributed by atoms with Gasteiger partial charge in [-0.2, -0.15) is 0 Å². The molecule has 0 saturated heterocycles. The van der Waals surface area contributed by atoms with Gasteiger partial charge in [0.1, 0.15) is 0 Å². The van der Waals surface area contributed by atoms with Crippen molar-refractivity contribution in [3.63, 3.8) is 0 Å². The second-order valence-corrected chi connectivity index (χ2v) is 17.7. The summed E-state index contributed by atoms with van der Waals surface area (Å²) >= 11 is 0. The van der Waals surface area contributed by atoms with Crippen molar-refractivity contribution in [3.8, 4) is 39.1 Å². The first-order valence-electron chi connectivity index (χ1n) is 21.2. The first kappa shape index (κ1) is 34.8. The van der Waals surface area contributed by atoms with Crippen LogP contribution >= 0.6 is 0 Å². The minimum Gasteiger partial charge on any atom is -0.310 e. The van der Waals surface area contributed by atoms with E-state index in [1.54, 1.807) is 0 Å². The molecule has 0 bridgehead atoms. The molecule has 0 radical (unpaired) electrons.